The summed E-state index contributed by atoms with van der Waals surface area (Å²) < 4.78 is 41.5. The molecular weight excluding hydrogens is 393 g/mol. The highest BCUT2D eigenvalue weighted by atomic mass is 19.3. The Kier molecular flexibility index (Phi) is 5.22. The van der Waals surface area contributed by atoms with Crippen molar-refractivity contribution in [2.24, 2.45) is 0 Å². The summed E-state index contributed by atoms with van der Waals surface area (Å²) in [5.41, 5.74) is 1.97. The Balaban J connectivity index is 1.76. The molecule has 4 rings (SSSR count). The third-order valence-corrected chi connectivity index (χ3v) is 4.73. The zero-order chi connectivity index (χ0) is 21.3. The van der Waals surface area contributed by atoms with E-state index < -0.39 is 23.8 Å². The molecule has 2 aromatic carbocycles. The summed E-state index contributed by atoms with van der Waals surface area (Å²) in [6, 6.07) is 13.8. The van der Waals surface area contributed by atoms with Gasteiger partial charge in [-0.25, -0.2) is 22.7 Å². The van der Waals surface area contributed by atoms with Gasteiger partial charge in [0.15, 0.2) is 5.65 Å². The number of carbonyl (C=O) groups is 1. The maximum Gasteiger partial charge on any atom is 0.280 e. The van der Waals surface area contributed by atoms with Gasteiger partial charge in [0, 0.05) is 11.3 Å². The van der Waals surface area contributed by atoms with E-state index in [1.165, 1.54) is 36.5 Å². The molecule has 0 radical (unpaired) electrons. The highest BCUT2D eigenvalue weighted by Gasteiger charge is 2.21. The van der Waals surface area contributed by atoms with Crippen molar-refractivity contribution in [2.75, 3.05) is 5.32 Å². The highest BCUT2D eigenvalue weighted by Crippen LogP contribution is 2.27. The van der Waals surface area contributed by atoms with Crippen molar-refractivity contribution in [3.63, 3.8) is 0 Å². The normalized spacial score (nSPS) is 11.2. The van der Waals surface area contributed by atoms with Gasteiger partial charge in [0.05, 0.1) is 11.9 Å². The number of halogens is 3. The Labute approximate surface area is 170 Å². The minimum Gasteiger partial charge on any atom is -0.322 e. The molecule has 8 heteroatoms. The van der Waals surface area contributed by atoms with Gasteiger partial charge < -0.3 is 5.32 Å². The first-order valence-corrected chi connectivity index (χ1v) is 9.29. The Morgan fingerprint density at radius 2 is 1.80 bits per heavy atom. The van der Waals surface area contributed by atoms with Crippen LogP contribution >= 0.6 is 0 Å². The van der Waals surface area contributed by atoms with Crippen LogP contribution in [0.1, 0.15) is 35.0 Å². The number of nitrogens with zero attached hydrogens (tertiary/aromatic N) is 3. The fourth-order valence-corrected chi connectivity index (χ4v) is 3.09. The molecule has 0 atom stereocenters. The summed E-state index contributed by atoms with van der Waals surface area (Å²) in [5.74, 6) is -0.967. The Morgan fingerprint density at radius 3 is 2.43 bits per heavy atom. The summed E-state index contributed by atoms with van der Waals surface area (Å²) in [7, 11) is 0. The standard InChI is InChI=1S/C22H17F3N4O/c1-2-13-3-9-16(10-4-13)27-22(30)17-12-26-29-19(20(24)25)11-18(28-21(17)29)14-5-7-15(23)8-6-14/h3-12,20H,2H2,1H3,(H,27,30). The van der Waals surface area contributed by atoms with Crippen LogP contribution in [0.4, 0.5) is 18.9 Å². The molecule has 0 bridgehead atoms. The number of nitrogens with one attached hydrogen (secondary N) is 1. The maximum absolute atomic E-state index is 13.6. The van der Waals surface area contributed by atoms with Crippen LogP contribution in [-0.2, 0) is 6.42 Å². The van der Waals surface area contributed by atoms with E-state index in [9.17, 15) is 18.0 Å². The van der Waals surface area contributed by atoms with E-state index in [1.807, 2.05) is 19.1 Å². The van der Waals surface area contributed by atoms with E-state index in [0.717, 1.165) is 16.5 Å². The summed E-state index contributed by atoms with van der Waals surface area (Å²) >= 11 is 0. The molecule has 1 N–H and O–H groups in total. The van der Waals surface area contributed by atoms with Crippen LogP contribution in [0.25, 0.3) is 16.9 Å². The lowest BCUT2D eigenvalue weighted by Gasteiger charge is -2.09. The molecule has 0 aliphatic carbocycles. The van der Waals surface area contributed by atoms with Crippen molar-refractivity contribution in [3.8, 4) is 11.3 Å². The smallest absolute Gasteiger partial charge is 0.280 e. The monoisotopic (exact) mass is 410 g/mol. The third-order valence-electron chi connectivity index (χ3n) is 4.73. The molecule has 1 amide bonds. The molecule has 0 unspecified atom stereocenters. The van der Waals surface area contributed by atoms with Gasteiger partial charge in [-0.05, 0) is 54.4 Å². The molecule has 0 spiro atoms. The topological polar surface area (TPSA) is 59.3 Å². The van der Waals surface area contributed by atoms with Gasteiger partial charge in [0.25, 0.3) is 12.3 Å². The number of alkyl halides is 2. The van der Waals surface area contributed by atoms with Crippen LogP contribution in [0.15, 0.2) is 60.8 Å². The second kappa shape index (κ2) is 7.98. The number of benzene rings is 2. The molecule has 2 heterocycles. The van der Waals surface area contributed by atoms with Crippen LogP contribution in [0, 0.1) is 5.82 Å². The van der Waals surface area contributed by atoms with E-state index >= 15 is 0 Å². The molecule has 0 saturated carbocycles. The lowest BCUT2D eigenvalue weighted by molar-refractivity contribution is 0.102. The molecule has 0 fully saturated rings. The number of fused-ring (bicyclic) bond motifs is 1. The highest BCUT2D eigenvalue weighted by molar-refractivity contribution is 6.08. The van der Waals surface area contributed by atoms with Gasteiger partial charge in [-0.2, -0.15) is 5.10 Å². The molecule has 4 aromatic rings. The number of anilines is 1. The SMILES string of the molecule is CCc1ccc(NC(=O)c2cnn3c(C(F)F)cc(-c4ccc(F)cc4)nc23)cc1. The summed E-state index contributed by atoms with van der Waals surface area (Å²) in [6.07, 6.45) is -0.764. The van der Waals surface area contributed by atoms with Crippen LogP contribution < -0.4 is 5.32 Å². The minimum absolute atomic E-state index is 0.00481. The Bertz CT molecular complexity index is 1200. The zero-order valence-corrected chi connectivity index (χ0v) is 15.9. The molecule has 30 heavy (non-hydrogen) atoms. The number of aryl methyl sites for hydroxylation is 1. The second-order valence-corrected chi connectivity index (χ2v) is 6.67. The number of hydrogen-bond acceptors (Lipinski definition) is 3. The number of hydrogen-bond donors (Lipinski definition) is 1. The summed E-state index contributed by atoms with van der Waals surface area (Å²) in [6.45, 7) is 2.03. The van der Waals surface area contributed by atoms with Gasteiger partial charge in [-0.3, -0.25) is 4.79 Å². The molecule has 2 aromatic heterocycles. The first kappa shape index (κ1) is 19.6. The maximum atomic E-state index is 13.6. The number of carbonyl (C=O) groups excluding carboxylic acids is 1. The van der Waals surface area contributed by atoms with Crippen LogP contribution in [0.3, 0.4) is 0 Å². The minimum atomic E-state index is -2.84. The van der Waals surface area contributed by atoms with E-state index in [-0.39, 0.29) is 16.9 Å². The quantitative estimate of drug-likeness (QED) is 0.487. The molecular formula is C22H17F3N4O. The number of amides is 1. The van der Waals surface area contributed by atoms with Crippen molar-refractivity contribution >= 4 is 17.2 Å². The summed E-state index contributed by atoms with van der Waals surface area (Å²) in [4.78, 5) is 17.1. The molecule has 0 aliphatic rings. The molecule has 0 aliphatic heterocycles. The van der Waals surface area contributed by atoms with E-state index in [4.69, 9.17) is 0 Å². The van der Waals surface area contributed by atoms with Gasteiger partial charge in [0.2, 0.25) is 0 Å². The van der Waals surface area contributed by atoms with E-state index in [2.05, 4.69) is 15.4 Å². The predicted molar refractivity (Wildman–Crippen MR) is 107 cm³/mol. The lowest BCUT2D eigenvalue weighted by atomic mass is 10.1. The second-order valence-electron chi connectivity index (χ2n) is 6.67. The van der Waals surface area contributed by atoms with Crippen molar-refractivity contribution in [2.45, 2.75) is 19.8 Å². The van der Waals surface area contributed by atoms with E-state index in [1.54, 1.807) is 12.1 Å². The zero-order valence-electron chi connectivity index (χ0n) is 15.9. The average Bonchev–Trinajstić information content (AvgIpc) is 3.18. The average molecular weight is 410 g/mol. The van der Waals surface area contributed by atoms with Crippen LogP contribution in [0.5, 0.6) is 0 Å². The van der Waals surface area contributed by atoms with Crippen molar-refractivity contribution in [1.29, 1.82) is 0 Å². The largest absolute Gasteiger partial charge is 0.322 e. The first-order valence-electron chi connectivity index (χ1n) is 9.29. The Morgan fingerprint density at radius 1 is 1.10 bits per heavy atom. The van der Waals surface area contributed by atoms with Gasteiger partial charge >= 0.3 is 0 Å². The van der Waals surface area contributed by atoms with Gasteiger partial charge in [-0.15, -0.1) is 0 Å². The molecule has 5 nitrogen and oxygen atoms in total. The fraction of sp³-hybridized carbons (Fsp3) is 0.136. The first-order chi connectivity index (χ1) is 14.5. The van der Waals surface area contributed by atoms with Crippen molar-refractivity contribution in [1.82, 2.24) is 14.6 Å². The van der Waals surface area contributed by atoms with Crippen LogP contribution in [0.2, 0.25) is 0 Å². The molecule has 0 saturated heterocycles. The van der Waals surface area contributed by atoms with Gasteiger partial charge in [0.1, 0.15) is 17.1 Å². The van der Waals surface area contributed by atoms with Crippen LogP contribution in [-0.4, -0.2) is 20.5 Å². The fourth-order valence-electron chi connectivity index (χ4n) is 3.09. The molecule has 152 valence electrons. The van der Waals surface area contributed by atoms with Crippen molar-refractivity contribution in [3.05, 3.63) is 83.4 Å². The Hall–Kier alpha value is -3.68. The van der Waals surface area contributed by atoms with Gasteiger partial charge in [-0.1, -0.05) is 19.1 Å². The number of rotatable bonds is 5. The summed E-state index contributed by atoms with van der Waals surface area (Å²) in [5, 5.41) is 6.67. The lowest BCUT2D eigenvalue weighted by Crippen LogP contribution is -2.12. The third kappa shape index (κ3) is 3.76. The number of aromatic nitrogens is 3. The predicted octanol–water partition coefficient (Wildman–Crippen LogP) is 5.29. The van der Waals surface area contributed by atoms with E-state index in [0.29, 0.717) is 11.3 Å². The van der Waals surface area contributed by atoms with Crippen molar-refractivity contribution < 1.29 is 18.0 Å².